The molecular weight excluding hydrogens is 1020 g/mol. The van der Waals surface area contributed by atoms with Crippen LogP contribution in [0.3, 0.4) is 0 Å². The van der Waals surface area contributed by atoms with Crippen molar-refractivity contribution in [3.8, 4) is 5.75 Å². The lowest BCUT2D eigenvalue weighted by Gasteiger charge is -2.31. The number of phenols is 1. The number of phenolic OH excluding ortho intramolecular Hbond substituents is 1. The number of hydrogen-bond acceptors (Lipinski definition) is 13. The van der Waals surface area contributed by atoms with Crippen LogP contribution in [0.25, 0.3) is 10.9 Å². The number of aromatic hydroxyl groups is 1. The molecule has 2 fully saturated rings. The third kappa shape index (κ3) is 18.5. The molecule has 0 radical (unpaired) electrons. The minimum atomic E-state index is -1.80. The van der Waals surface area contributed by atoms with Crippen molar-refractivity contribution in [2.45, 2.75) is 160 Å². The highest BCUT2D eigenvalue weighted by atomic mass is 16.4. The maximum Gasteiger partial charge on any atom is 0.326 e. The molecule has 2 aliphatic rings. The number of nitrogens with one attached hydrogen (secondary N) is 9. The number of hydrogen-bond donors (Lipinski definition) is 13. The summed E-state index contributed by atoms with van der Waals surface area (Å²) in [7, 11) is 0. The van der Waals surface area contributed by atoms with Crippen molar-refractivity contribution in [3.63, 3.8) is 0 Å². The van der Waals surface area contributed by atoms with Gasteiger partial charge in [-0.05, 0) is 98.6 Å². The predicted molar refractivity (Wildman–Crippen MR) is 288 cm³/mol. The van der Waals surface area contributed by atoms with Crippen molar-refractivity contribution < 1.29 is 68.4 Å². The maximum atomic E-state index is 14.8. The first-order valence-corrected chi connectivity index (χ1v) is 27.0. The zero-order chi connectivity index (χ0) is 58.1. The summed E-state index contributed by atoms with van der Waals surface area (Å²) >= 11 is 0. The molecule has 2 aliphatic heterocycles. The van der Waals surface area contributed by atoms with Crippen LogP contribution in [0, 0.1) is 17.8 Å². The number of fused-ring (bicyclic) bond motifs is 1. The van der Waals surface area contributed by atoms with Gasteiger partial charge < -0.3 is 72.8 Å². The highest BCUT2D eigenvalue weighted by molar-refractivity contribution is 5.99. The second-order valence-electron chi connectivity index (χ2n) is 21.7. The van der Waals surface area contributed by atoms with Crippen LogP contribution in [0.15, 0.2) is 54.7 Å². The fourth-order valence-electron chi connectivity index (χ4n) is 9.79. The van der Waals surface area contributed by atoms with Crippen LogP contribution in [0.5, 0.6) is 5.75 Å². The largest absolute Gasteiger partial charge is 0.508 e. The normalized spacial score (nSPS) is 17.9. The van der Waals surface area contributed by atoms with E-state index >= 15 is 0 Å². The number of carboxylic acids is 2. The summed E-state index contributed by atoms with van der Waals surface area (Å²) in [6.07, 6.45) is 2.48. The monoisotopic (exact) mass is 1100 g/mol. The Labute approximate surface area is 458 Å². The summed E-state index contributed by atoms with van der Waals surface area (Å²) in [5.41, 5.74) is 1.65. The van der Waals surface area contributed by atoms with Crippen LogP contribution < -0.4 is 42.5 Å². The summed E-state index contributed by atoms with van der Waals surface area (Å²) in [5, 5.41) is 61.9. The van der Waals surface area contributed by atoms with Gasteiger partial charge >= 0.3 is 11.9 Å². The second kappa shape index (κ2) is 29.4. The van der Waals surface area contributed by atoms with Crippen molar-refractivity contribution >= 4 is 70.1 Å². The van der Waals surface area contributed by atoms with Crippen LogP contribution in [0.1, 0.15) is 104 Å². The molecule has 3 aromatic rings. The Balaban J connectivity index is 1.41. The smallest absolute Gasteiger partial charge is 0.326 e. The highest BCUT2D eigenvalue weighted by Gasteiger charge is 2.41. The van der Waals surface area contributed by atoms with Crippen molar-refractivity contribution in [2.75, 3.05) is 19.7 Å². The average molecular weight is 1100 g/mol. The first-order valence-electron chi connectivity index (χ1n) is 27.0. The summed E-state index contributed by atoms with van der Waals surface area (Å²) in [5.74, 6) is -9.84. The molecule has 0 unspecified atom stereocenters. The van der Waals surface area contributed by atoms with E-state index in [4.69, 9.17) is 0 Å². The molecule has 1 aromatic heterocycles. The molecule has 5 rings (SSSR count). The number of aromatic nitrogens is 1. The average Bonchev–Trinajstić information content (AvgIpc) is 4.29. The summed E-state index contributed by atoms with van der Waals surface area (Å²) < 4.78 is 0. The van der Waals surface area contributed by atoms with Gasteiger partial charge in [0.1, 0.15) is 54.1 Å². The highest BCUT2D eigenvalue weighted by Crippen LogP contribution is 2.23. The van der Waals surface area contributed by atoms with Crippen molar-refractivity contribution in [1.29, 1.82) is 0 Å². The molecule has 0 aliphatic carbocycles. The number of H-pyrrole nitrogens is 1. The van der Waals surface area contributed by atoms with E-state index in [0.29, 0.717) is 41.4 Å². The summed E-state index contributed by atoms with van der Waals surface area (Å²) in [6.45, 7) is 10.7. The Morgan fingerprint density at radius 1 is 0.595 bits per heavy atom. The SMILES string of the molecule is CC(C)C[C@H](NC(=O)[C@H](CO)NC(=O)[C@H](CC(C)C)NC(=O)[C@H](Cc1c[nH]c2ccccc12)NC(=O)[C@H](Cc1ccc(O)cc1)NC(=O)[C@H](CC(=O)O)NC(=O)[C@@H]1CCCN1C(=O)[C@H](CC(C)C)NC(=O)[C@@H]1CCCN1)C(=O)O. The van der Waals surface area contributed by atoms with E-state index in [0.717, 1.165) is 6.42 Å². The number of carboxylic acid groups (broad SMARTS) is 2. The van der Waals surface area contributed by atoms with E-state index < -0.39 is 121 Å². The number of aliphatic hydroxyl groups excluding tert-OH is 1. The fraction of sp³-hybridized carbons (Fsp3) is 0.564. The molecule has 9 atom stereocenters. The second-order valence-corrected chi connectivity index (χ2v) is 21.7. The summed E-state index contributed by atoms with van der Waals surface area (Å²) in [6, 6.07) is 0.970. The Morgan fingerprint density at radius 2 is 1.13 bits per heavy atom. The molecule has 2 aromatic carbocycles. The number of likely N-dealkylation sites (tertiary alicyclic amines) is 1. The number of benzene rings is 2. The lowest BCUT2D eigenvalue weighted by atomic mass is 9.99. The van der Waals surface area contributed by atoms with Gasteiger partial charge in [0.15, 0.2) is 0 Å². The number of para-hydroxylation sites is 1. The van der Waals surface area contributed by atoms with Crippen LogP contribution in [0.4, 0.5) is 0 Å². The van der Waals surface area contributed by atoms with E-state index in [1.54, 1.807) is 58.2 Å². The number of nitrogens with zero attached hydrogens (tertiary/aromatic N) is 1. The lowest BCUT2D eigenvalue weighted by molar-refractivity contribution is -0.144. The van der Waals surface area contributed by atoms with E-state index in [2.05, 4.69) is 47.5 Å². The van der Waals surface area contributed by atoms with Gasteiger partial charge in [-0.3, -0.25) is 43.2 Å². The number of aromatic amines is 1. The van der Waals surface area contributed by atoms with Crippen LogP contribution in [-0.4, -0.2) is 164 Å². The van der Waals surface area contributed by atoms with E-state index in [1.165, 1.54) is 29.2 Å². The Bertz CT molecular complexity index is 2630. The van der Waals surface area contributed by atoms with Gasteiger partial charge in [0.05, 0.1) is 19.1 Å². The molecule has 8 amide bonds. The molecule has 432 valence electrons. The van der Waals surface area contributed by atoms with Crippen molar-refractivity contribution in [2.24, 2.45) is 17.8 Å². The minimum Gasteiger partial charge on any atom is -0.508 e. The van der Waals surface area contributed by atoms with E-state index in [1.807, 2.05) is 13.8 Å². The zero-order valence-electron chi connectivity index (χ0n) is 45.6. The number of aliphatic carboxylic acids is 2. The first-order chi connectivity index (χ1) is 37.4. The topological polar surface area (TPSA) is 367 Å². The quantitative estimate of drug-likeness (QED) is 0.0450. The zero-order valence-corrected chi connectivity index (χ0v) is 45.6. The number of carbonyl (C=O) groups is 10. The molecule has 2 saturated heterocycles. The van der Waals surface area contributed by atoms with Gasteiger partial charge in [-0.2, -0.15) is 0 Å². The Morgan fingerprint density at radius 3 is 1.72 bits per heavy atom. The third-order valence-corrected chi connectivity index (χ3v) is 13.8. The molecule has 3 heterocycles. The van der Waals surface area contributed by atoms with E-state index in [-0.39, 0.29) is 74.5 Å². The maximum absolute atomic E-state index is 14.8. The molecular formula is C55H78N10O14. The molecule has 24 heteroatoms. The molecule has 24 nitrogen and oxygen atoms in total. The third-order valence-electron chi connectivity index (χ3n) is 13.8. The number of rotatable bonds is 29. The van der Waals surface area contributed by atoms with Crippen LogP contribution in [0.2, 0.25) is 0 Å². The van der Waals surface area contributed by atoms with Crippen molar-refractivity contribution in [3.05, 3.63) is 65.9 Å². The lowest BCUT2D eigenvalue weighted by Crippen LogP contribution is -2.61. The number of amides is 8. The minimum absolute atomic E-state index is 0.00752. The molecule has 0 bridgehead atoms. The predicted octanol–water partition coefficient (Wildman–Crippen LogP) is 0.485. The molecule has 79 heavy (non-hydrogen) atoms. The van der Waals surface area contributed by atoms with Gasteiger partial charge in [-0.1, -0.05) is 71.9 Å². The molecule has 0 saturated carbocycles. The summed E-state index contributed by atoms with van der Waals surface area (Å²) in [4.78, 5) is 141. The van der Waals surface area contributed by atoms with Gasteiger partial charge in [-0.25, -0.2) is 4.79 Å². The standard InChI is InChI=1S/C55H78N10O14/c1-29(2)21-38(48(71)64-44(28-66)52(75)63-43(55(78)79)23-31(5)6)58-50(73)40(25-33-27-57-36-12-8-7-11-35(33)36)60-49(72)39(24-32-15-17-34(67)18-16-32)59-51(74)41(26-46(68)69)61-53(76)45-14-10-20-65(45)54(77)42(22-30(3)4)62-47(70)37-13-9-19-56-37/h7-8,11-12,15-18,27,29-31,37-45,56-57,66-67H,9-10,13-14,19-26,28H2,1-6H3,(H,58,73)(H,59,74)(H,60,72)(H,61,76)(H,62,70)(H,63,75)(H,64,71)(H,68,69)(H,78,79)/t37-,38-,39-,40-,41-,42-,43-,44-,45-/m0/s1. The van der Waals surface area contributed by atoms with Crippen LogP contribution in [-0.2, 0) is 60.8 Å². The Hall–Kier alpha value is -7.60. The van der Waals surface area contributed by atoms with Crippen molar-refractivity contribution in [1.82, 2.24) is 52.4 Å². The number of aliphatic hydroxyl groups is 1. The van der Waals surface area contributed by atoms with E-state index in [9.17, 15) is 68.4 Å². The fourth-order valence-corrected chi connectivity index (χ4v) is 9.79. The molecule has 13 N–H and O–H groups in total. The number of carbonyl (C=O) groups excluding carboxylic acids is 8. The van der Waals surface area contributed by atoms with Crippen LogP contribution >= 0.6 is 0 Å². The van der Waals surface area contributed by atoms with Gasteiger partial charge in [0.25, 0.3) is 0 Å². The molecule has 0 spiro atoms. The van der Waals surface area contributed by atoms with Gasteiger partial charge in [-0.15, -0.1) is 0 Å². The van der Waals surface area contributed by atoms with Gasteiger partial charge in [0.2, 0.25) is 47.3 Å². The first kappa shape index (κ1) is 62.2. The van der Waals surface area contributed by atoms with Gasteiger partial charge in [0, 0.05) is 36.5 Å². The Kier molecular flexibility index (Phi) is 23.2.